The molecule has 8 nitrogen and oxygen atoms in total. The van der Waals surface area contributed by atoms with Crippen LogP contribution >= 0.6 is 0 Å². The van der Waals surface area contributed by atoms with Gasteiger partial charge in [0.25, 0.3) is 0 Å². The van der Waals surface area contributed by atoms with Crippen LogP contribution in [0, 0.1) is 0 Å². The van der Waals surface area contributed by atoms with Crippen LogP contribution in [0.1, 0.15) is 31.1 Å². The number of benzene rings is 1. The van der Waals surface area contributed by atoms with Crippen molar-refractivity contribution in [2.24, 2.45) is 0 Å². The second-order valence-electron chi connectivity index (χ2n) is 5.46. The van der Waals surface area contributed by atoms with Crippen LogP contribution in [0.3, 0.4) is 0 Å². The molecule has 0 fully saturated rings. The summed E-state index contributed by atoms with van der Waals surface area (Å²) < 4.78 is 25.6. The van der Waals surface area contributed by atoms with E-state index in [0.717, 1.165) is 0 Å². The van der Waals surface area contributed by atoms with E-state index in [1.54, 1.807) is 22.9 Å². The smallest absolute Gasteiger partial charge is 0.337 e. The van der Waals surface area contributed by atoms with Crippen molar-refractivity contribution < 1.29 is 23.1 Å². The molecule has 0 aromatic heterocycles. The molecular weight excluding hydrogens is 346 g/mol. The molecule has 2 N–H and O–H groups in total. The summed E-state index contributed by atoms with van der Waals surface area (Å²) in [6.07, 6.45) is 0. The Kier molecular flexibility index (Phi) is 7.22. The van der Waals surface area contributed by atoms with Gasteiger partial charge in [0.15, 0.2) is 0 Å². The maximum atomic E-state index is 12.2. The fourth-order valence-electron chi connectivity index (χ4n) is 2.25. The van der Waals surface area contributed by atoms with Crippen molar-refractivity contribution >= 4 is 33.3 Å². The fourth-order valence-corrected chi connectivity index (χ4v) is 2.90. The van der Waals surface area contributed by atoms with Gasteiger partial charge in [0.05, 0.1) is 23.5 Å². The van der Waals surface area contributed by atoms with Gasteiger partial charge >= 0.3 is 5.97 Å². The fraction of sp³-hybridized carbons (Fsp3) is 0.500. The van der Waals surface area contributed by atoms with Crippen molar-refractivity contribution in [3.8, 4) is 0 Å². The molecule has 0 bridgehead atoms. The summed E-state index contributed by atoms with van der Waals surface area (Å²) >= 11 is 0. The number of nitrogens with one attached hydrogen (secondary N) is 1. The van der Waals surface area contributed by atoms with Gasteiger partial charge in [0.1, 0.15) is 0 Å². The van der Waals surface area contributed by atoms with Crippen LogP contribution in [0.15, 0.2) is 18.2 Å². The maximum absolute atomic E-state index is 12.2. The van der Waals surface area contributed by atoms with Gasteiger partial charge in [-0.2, -0.15) is 0 Å². The highest BCUT2D eigenvalue weighted by molar-refractivity contribution is 7.92. The zero-order valence-electron chi connectivity index (χ0n) is 14.9. The second-order valence-corrected chi connectivity index (χ2v) is 7.47. The summed E-state index contributed by atoms with van der Waals surface area (Å²) in [5.74, 6) is -1.48. The standard InChI is InChI=1S/C16H25N3O5S/c1-5-19(6-2)15(20)11-18(4)12-8-9-14(13(10-12)16(21)22)17-25(23,24)7-3/h8-10,17H,5-7,11H2,1-4H3,(H,21,22). The number of likely N-dealkylation sites (N-methyl/N-ethyl adjacent to an activating group) is 2. The van der Waals surface area contributed by atoms with Gasteiger partial charge in [-0.15, -0.1) is 0 Å². The van der Waals surface area contributed by atoms with E-state index in [-0.39, 0.29) is 29.5 Å². The van der Waals surface area contributed by atoms with Gasteiger partial charge in [0, 0.05) is 25.8 Å². The number of hydrogen-bond acceptors (Lipinski definition) is 5. The predicted octanol–water partition coefficient (Wildman–Crippen LogP) is 1.45. The predicted molar refractivity (Wildman–Crippen MR) is 97.7 cm³/mol. The molecule has 1 amide bonds. The zero-order chi connectivity index (χ0) is 19.2. The summed E-state index contributed by atoms with van der Waals surface area (Å²) in [6, 6.07) is 4.32. The third kappa shape index (κ3) is 5.63. The monoisotopic (exact) mass is 371 g/mol. The van der Waals surface area contributed by atoms with Crippen LogP contribution in [0.5, 0.6) is 0 Å². The van der Waals surface area contributed by atoms with Gasteiger partial charge in [-0.25, -0.2) is 13.2 Å². The van der Waals surface area contributed by atoms with Crippen LogP contribution in [0.25, 0.3) is 0 Å². The number of carbonyl (C=O) groups excluding carboxylic acids is 1. The van der Waals surface area contributed by atoms with E-state index in [4.69, 9.17) is 0 Å². The first-order chi connectivity index (χ1) is 11.6. The number of anilines is 2. The summed E-state index contributed by atoms with van der Waals surface area (Å²) in [5, 5.41) is 9.36. The van der Waals surface area contributed by atoms with E-state index < -0.39 is 16.0 Å². The first-order valence-corrected chi connectivity index (χ1v) is 9.67. The minimum Gasteiger partial charge on any atom is -0.478 e. The minimum absolute atomic E-state index is 0.00145. The Morgan fingerprint density at radius 1 is 1.16 bits per heavy atom. The number of rotatable bonds is 9. The van der Waals surface area contributed by atoms with Crippen molar-refractivity contribution in [1.29, 1.82) is 0 Å². The number of carboxylic acids is 1. The molecule has 0 aliphatic carbocycles. The lowest BCUT2D eigenvalue weighted by Gasteiger charge is -2.25. The highest BCUT2D eigenvalue weighted by atomic mass is 32.2. The SMILES string of the molecule is CCN(CC)C(=O)CN(C)c1ccc(NS(=O)(=O)CC)c(C(=O)O)c1. The van der Waals surface area contributed by atoms with Gasteiger partial charge in [-0.05, 0) is 39.0 Å². The van der Waals surface area contributed by atoms with Crippen molar-refractivity contribution in [2.45, 2.75) is 20.8 Å². The molecule has 1 aromatic rings. The molecular formula is C16H25N3O5S. The van der Waals surface area contributed by atoms with Gasteiger partial charge in [-0.3, -0.25) is 9.52 Å². The van der Waals surface area contributed by atoms with Gasteiger partial charge in [-0.1, -0.05) is 0 Å². The normalized spacial score (nSPS) is 11.0. The summed E-state index contributed by atoms with van der Waals surface area (Å²) in [6.45, 7) is 6.53. The Morgan fingerprint density at radius 2 is 1.76 bits per heavy atom. The zero-order valence-corrected chi connectivity index (χ0v) is 15.8. The third-order valence-corrected chi connectivity index (χ3v) is 5.10. The summed E-state index contributed by atoms with van der Waals surface area (Å²) in [4.78, 5) is 27.0. The maximum Gasteiger partial charge on any atom is 0.337 e. The number of hydrogen-bond donors (Lipinski definition) is 2. The number of carboxylic acid groups (broad SMARTS) is 1. The summed E-state index contributed by atoms with van der Waals surface area (Å²) in [7, 11) is -1.91. The largest absolute Gasteiger partial charge is 0.478 e. The van der Waals surface area contributed by atoms with E-state index in [1.807, 2.05) is 13.8 Å². The summed E-state index contributed by atoms with van der Waals surface area (Å²) in [5.41, 5.74) is 0.343. The van der Waals surface area contributed by atoms with Crippen molar-refractivity contribution in [2.75, 3.05) is 42.1 Å². The van der Waals surface area contributed by atoms with E-state index in [0.29, 0.717) is 18.8 Å². The molecule has 0 saturated carbocycles. The number of aromatic carboxylic acids is 1. The molecule has 0 radical (unpaired) electrons. The third-order valence-electron chi connectivity index (χ3n) is 3.81. The van der Waals surface area contributed by atoms with Crippen molar-refractivity contribution in [1.82, 2.24) is 4.90 Å². The Hall–Kier alpha value is -2.29. The van der Waals surface area contributed by atoms with Crippen LogP contribution in [0.4, 0.5) is 11.4 Å². The van der Waals surface area contributed by atoms with Crippen LogP contribution in [-0.4, -0.2) is 62.7 Å². The molecule has 1 aromatic carbocycles. The average Bonchev–Trinajstić information content (AvgIpc) is 2.55. The molecule has 0 spiro atoms. The van der Waals surface area contributed by atoms with Gasteiger partial charge < -0.3 is 14.9 Å². The molecule has 0 unspecified atom stereocenters. The molecule has 0 heterocycles. The lowest BCUT2D eigenvalue weighted by atomic mass is 10.1. The molecule has 0 atom stereocenters. The Balaban J connectivity index is 3.08. The highest BCUT2D eigenvalue weighted by Gasteiger charge is 2.18. The highest BCUT2D eigenvalue weighted by Crippen LogP contribution is 2.24. The van der Waals surface area contributed by atoms with E-state index in [1.165, 1.54) is 19.1 Å². The Morgan fingerprint density at radius 3 is 2.24 bits per heavy atom. The van der Waals surface area contributed by atoms with Crippen LogP contribution in [-0.2, 0) is 14.8 Å². The quantitative estimate of drug-likeness (QED) is 0.680. The van der Waals surface area contributed by atoms with E-state index in [2.05, 4.69) is 4.72 Å². The van der Waals surface area contributed by atoms with E-state index in [9.17, 15) is 23.1 Å². The second kappa shape index (κ2) is 8.70. The molecule has 140 valence electrons. The number of nitrogens with zero attached hydrogens (tertiary/aromatic N) is 2. The molecule has 0 saturated heterocycles. The van der Waals surface area contributed by atoms with Crippen LogP contribution < -0.4 is 9.62 Å². The molecule has 1 rings (SSSR count). The first-order valence-electron chi connectivity index (χ1n) is 8.01. The van der Waals surface area contributed by atoms with E-state index >= 15 is 0 Å². The lowest BCUT2D eigenvalue weighted by molar-refractivity contribution is -0.129. The topological polar surface area (TPSA) is 107 Å². The molecule has 0 aliphatic rings. The molecule has 25 heavy (non-hydrogen) atoms. The molecule has 9 heteroatoms. The number of sulfonamides is 1. The first kappa shape index (κ1) is 20.8. The van der Waals surface area contributed by atoms with Crippen LogP contribution in [0.2, 0.25) is 0 Å². The minimum atomic E-state index is -3.59. The van der Waals surface area contributed by atoms with Crippen molar-refractivity contribution in [3.05, 3.63) is 23.8 Å². The Labute approximate surface area is 148 Å². The number of amides is 1. The lowest BCUT2D eigenvalue weighted by Crippen LogP contribution is -2.38. The number of carbonyl (C=O) groups is 2. The van der Waals surface area contributed by atoms with Crippen molar-refractivity contribution in [3.63, 3.8) is 0 Å². The Bertz CT molecular complexity index is 729. The average molecular weight is 371 g/mol. The van der Waals surface area contributed by atoms with Gasteiger partial charge in [0.2, 0.25) is 15.9 Å². The molecule has 0 aliphatic heterocycles.